The summed E-state index contributed by atoms with van der Waals surface area (Å²) in [5.41, 5.74) is 9.27. The van der Waals surface area contributed by atoms with Crippen LogP contribution in [0, 0.1) is 0 Å². The predicted octanol–water partition coefficient (Wildman–Crippen LogP) is 4.37. The maximum atomic E-state index is 12.7. The van der Waals surface area contributed by atoms with Gasteiger partial charge < -0.3 is 5.73 Å². The maximum Gasteiger partial charge on any atom is 0.141 e. The van der Waals surface area contributed by atoms with Gasteiger partial charge in [0.05, 0.1) is 28.4 Å². The van der Waals surface area contributed by atoms with Gasteiger partial charge in [-0.15, -0.1) is 22.7 Å². The third kappa shape index (κ3) is 3.50. The lowest BCUT2D eigenvalue weighted by Gasteiger charge is -2.06. The van der Waals surface area contributed by atoms with Crippen LogP contribution in [-0.4, -0.2) is 29.9 Å². The Kier molecular flexibility index (Phi) is 5.24. The summed E-state index contributed by atoms with van der Waals surface area (Å²) in [6.45, 7) is 2.08. The second-order valence-electron chi connectivity index (χ2n) is 5.87. The molecule has 0 amide bonds. The zero-order valence-electron chi connectivity index (χ0n) is 14.6. The fraction of sp³-hybridized carbons (Fsp3) is 0.222. The van der Waals surface area contributed by atoms with E-state index in [1.807, 2.05) is 11.4 Å². The Bertz CT molecular complexity index is 1090. The lowest BCUT2D eigenvalue weighted by molar-refractivity contribution is 0.681. The van der Waals surface area contributed by atoms with Gasteiger partial charge in [-0.05, 0) is 12.5 Å². The number of thiophene rings is 1. The van der Waals surface area contributed by atoms with Crippen LogP contribution in [0.15, 0.2) is 40.4 Å². The molecule has 0 aliphatic rings. The molecule has 9 heteroatoms. The van der Waals surface area contributed by atoms with Gasteiger partial charge in [0.25, 0.3) is 0 Å². The third-order valence-electron chi connectivity index (χ3n) is 4.05. The fourth-order valence-corrected chi connectivity index (χ4v) is 6.13. The quantitative estimate of drug-likeness (QED) is 0.502. The highest BCUT2D eigenvalue weighted by molar-refractivity contribution is 7.87. The van der Waals surface area contributed by atoms with E-state index in [-0.39, 0.29) is 0 Å². The summed E-state index contributed by atoms with van der Waals surface area (Å²) in [5.74, 6) is 0.604. The summed E-state index contributed by atoms with van der Waals surface area (Å²) in [6, 6.07) is 1.94. The molecule has 4 aromatic rings. The summed E-state index contributed by atoms with van der Waals surface area (Å²) in [5, 5.41) is 3.53. The van der Waals surface area contributed by atoms with Crippen molar-refractivity contribution in [3.8, 4) is 22.0 Å². The zero-order chi connectivity index (χ0) is 18.8. The monoisotopic (exact) mass is 415 g/mol. The molecule has 4 heterocycles. The second kappa shape index (κ2) is 7.79. The van der Waals surface area contributed by atoms with E-state index in [0.717, 1.165) is 39.3 Å². The van der Waals surface area contributed by atoms with E-state index in [9.17, 15) is 4.21 Å². The zero-order valence-corrected chi connectivity index (χ0v) is 17.0. The number of pyridine rings is 1. The van der Waals surface area contributed by atoms with Crippen LogP contribution < -0.4 is 5.73 Å². The summed E-state index contributed by atoms with van der Waals surface area (Å²) in [7, 11) is -1.13. The second-order valence-corrected chi connectivity index (χ2v) is 9.53. The number of nitrogen functional groups attached to an aromatic ring is 1. The van der Waals surface area contributed by atoms with Gasteiger partial charge in [-0.25, -0.2) is 9.97 Å². The number of hydrogen-bond acceptors (Lipinski definition) is 8. The van der Waals surface area contributed by atoms with E-state index in [2.05, 4.69) is 21.9 Å². The van der Waals surface area contributed by atoms with Crippen LogP contribution in [0.5, 0.6) is 0 Å². The standard InChI is InChI=1S/C18H17N5OS3/c1-2-3-8-27(24)18-15(19)14-11(13-10-20-4-5-21-13)9-12(23-17(14)26-18)16-22-6-7-25-16/h4-7,9-10H,2-3,8,19H2,1H3. The van der Waals surface area contributed by atoms with Crippen LogP contribution in [0.4, 0.5) is 5.69 Å². The minimum absolute atomic E-state index is 0.531. The molecule has 0 bridgehead atoms. The summed E-state index contributed by atoms with van der Waals surface area (Å²) >= 11 is 2.92. The molecule has 138 valence electrons. The van der Waals surface area contributed by atoms with Crippen molar-refractivity contribution in [1.29, 1.82) is 0 Å². The van der Waals surface area contributed by atoms with Crippen molar-refractivity contribution in [3.63, 3.8) is 0 Å². The van der Waals surface area contributed by atoms with Gasteiger partial charge in [-0.3, -0.25) is 14.2 Å². The number of nitrogens with zero attached hydrogens (tertiary/aromatic N) is 4. The van der Waals surface area contributed by atoms with E-state index in [1.165, 1.54) is 22.7 Å². The summed E-state index contributed by atoms with van der Waals surface area (Å²) < 4.78 is 13.4. The van der Waals surface area contributed by atoms with Gasteiger partial charge in [0.2, 0.25) is 0 Å². The van der Waals surface area contributed by atoms with Crippen molar-refractivity contribution < 1.29 is 4.21 Å². The van der Waals surface area contributed by atoms with E-state index >= 15 is 0 Å². The van der Waals surface area contributed by atoms with Crippen LogP contribution in [0.25, 0.3) is 32.2 Å². The van der Waals surface area contributed by atoms with Crippen LogP contribution in [0.1, 0.15) is 19.8 Å². The van der Waals surface area contributed by atoms with Gasteiger partial charge in [0.15, 0.2) is 0 Å². The Hall–Kier alpha value is -2.23. The van der Waals surface area contributed by atoms with Crippen molar-refractivity contribution in [3.05, 3.63) is 36.2 Å². The maximum absolute atomic E-state index is 12.7. The van der Waals surface area contributed by atoms with Crippen molar-refractivity contribution in [2.45, 2.75) is 24.0 Å². The largest absolute Gasteiger partial charge is 0.396 e. The number of fused-ring (bicyclic) bond motifs is 1. The SMILES string of the molecule is CCCCS(=O)c1sc2nc(-c3nccs3)cc(-c3cnccn3)c2c1N. The Morgan fingerprint density at radius 1 is 1.19 bits per heavy atom. The lowest BCUT2D eigenvalue weighted by Crippen LogP contribution is -1.99. The van der Waals surface area contributed by atoms with Crippen molar-refractivity contribution in [2.24, 2.45) is 0 Å². The molecule has 0 spiro atoms. The van der Waals surface area contributed by atoms with E-state index in [4.69, 9.17) is 10.7 Å². The minimum atomic E-state index is -1.13. The average molecular weight is 416 g/mol. The van der Waals surface area contributed by atoms with Crippen LogP contribution in [-0.2, 0) is 10.8 Å². The van der Waals surface area contributed by atoms with Gasteiger partial charge in [0, 0.05) is 40.7 Å². The molecule has 27 heavy (non-hydrogen) atoms. The van der Waals surface area contributed by atoms with Crippen molar-refractivity contribution in [2.75, 3.05) is 11.5 Å². The first-order valence-electron chi connectivity index (χ1n) is 8.46. The first kappa shape index (κ1) is 18.1. The molecule has 0 aliphatic carbocycles. The van der Waals surface area contributed by atoms with Crippen molar-refractivity contribution >= 4 is 49.4 Å². The van der Waals surface area contributed by atoms with Gasteiger partial charge in [-0.2, -0.15) is 0 Å². The molecule has 0 fully saturated rings. The molecule has 0 saturated carbocycles. The van der Waals surface area contributed by atoms with Crippen LogP contribution >= 0.6 is 22.7 Å². The minimum Gasteiger partial charge on any atom is -0.396 e. The number of nitrogens with two attached hydrogens (primary N) is 1. The Balaban J connectivity index is 1.95. The normalized spacial score (nSPS) is 12.5. The summed E-state index contributed by atoms with van der Waals surface area (Å²) in [4.78, 5) is 18.5. The van der Waals surface area contributed by atoms with Gasteiger partial charge in [0.1, 0.15) is 19.7 Å². The van der Waals surface area contributed by atoms with Crippen LogP contribution in [0.2, 0.25) is 0 Å². The van der Waals surface area contributed by atoms with Crippen LogP contribution in [0.3, 0.4) is 0 Å². The molecule has 0 radical (unpaired) electrons. The lowest BCUT2D eigenvalue weighted by atomic mass is 10.1. The molecule has 4 aromatic heterocycles. The third-order valence-corrected chi connectivity index (χ3v) is 7.84. The fourth-order valence-electron chi connectivity index (χ4n) is 2.74. The number of aromatic nitrogens is 4. The molecule has 4 rings (SSSR count). The molecule has 0 aliphatic heterocycles. The van der Waals surface area contributed by atoms with Gasteiger partial charge >= 0.3 is 0 Å². The van der Waals surface area contributed by atoms with Gasteiger partial charge in [-0.1, -0.05) is 13.3 Å². The number of hydrogen-bond donors (Lipinski definition) is 1. The number of thiazole rings is 1. The van der Waals surface area contributed by atoms with E-state index < -0.39 is 10.8 Å². The Morgan fingerprint density at radius 2 is 2.07 bits per heavy atom. The highest BCUT2D eigenvalue weighted by Crippen LogP contribution is 2.42. The first-order chi connectivity index (χ1) is 13.2. The molecule has 0 aromatic carbocycles. The molecule has 2 N–H and O–H groups in total. The number of anilines is 1. The Morgan fingerprint density at radius 3 is 2.78 bits per heavy atom. The molecule has 0 saturated heterocycles. The topological polar surface area (TPSA) is 94.6 Å². The first-order valence-corrected chi connectivity index (χ1v) is 11.5. The highest BCUT2D eigenvalue weighted by atomic mass is 32.2. The molecule has 1 unspecified atom stereocenters. The summed E-state index contributed by atoms with van der Waals surface area (Å²) in [6.07, 6.45) is 8.62. The smallest absolute Gasteiger partial charge is 0.141 e. The Labute approximate surface area is 167 Å². The molecule has 1 atom stereocenters. The molecular weight excluding hydrogens is 398 g/mol. The number of rotatable bonds is 6. The highest BCUT2D eigenvalue weighted by Gasteiger charge is 2.21. The molecular formula is C18H17N5OS3. The predicted molar refractivity (Wildman–Crippen MR) is 112 cm³/mol. The van der Waals surface area contributed by atoms with E-state index in [1.54, 1.807) is 24.8 Å². The molecule has 6 nitrogen and oxygen atoms in total. The van der Waals surface area contributed by atoms with Crippen molar-refractivity contribution in [1.82, 2.24) is 19.9 Å². The number of unbranched alkanes of at least 4 members (excludes halogenated alkanes) is 1. The van der Waals surface area contributed by atoms with E-state index in [0.29, 0.717) is 21.3 Å². The average Bonchev–Trinajstić information content (AvgIpc) is 3.35.